The number of benzene rings is 1. The summed E-state index contributed by atoms with van der Waals surface area (Å²) in [5, 5.41) is 0.632. The Morgan fingerprint density at radius 2 is 2.00 bits per heavy atom. The quantitative estimate of drug-likeness (QED) is 0.560. The number of rotatable bonds is 2. The maximum Gasteiger partial charge on any atom is 0.0317 e. The van der Waals surface area contributed by atoms with Crippen LogP contribution in [0, 0.1) is 6.92 Å². The molecule has 0 aromatic heterocycles. The molecule has 0 aliphatic carbocycles. The van der Waals surface area contributed by atoms with Crippen molar-refractivity contribution in [2.45, 2.75) is 30.9 Å². The zero-order chi connectivity index (χ0) is 9.14. The highest BCUT2D eigenvalue weighted by Gasteiger charge is 2.01. The third kappa shape index (κ3) is 2.45. The first-order chi connectivity index (χ1) is 5.59. The summed E-state index contributed by atoms with van der Waals surface area (Å²) in [4.78, 5) is 1.33. The first kappa shape index (κ1) is 9.46. The van der Waals surface area contributed by atoms with E-state index >= 15 is 0 Å². The smallest absolute Gasteiger partial charge is 0.0317 e. The molecule has 1 rings (SSSR count). The van der Waals surface area contributed by atoms with Crippen molar-refractivity contribution >= 4 is 17.4 Å². The van der Waals surface area contributed by atoms with Gasteiger partial charge in [0.05, 0.1) is 0 Å². The second-order valence-corrected chi connectivity index (χ2v) is 4.81. The molecular weight excluding hydrogens is 166 g/mol. The molecular formula is C10H15NS. The summed E-state index contributed by atoms with van der Waals surface area (Å²) in [6, 6.07) is 6.07. The highest BCUT2D eigenvalue weighted by Crippen LogP contribution is 2.27. The monoisotopic (exact) mass is 181 g/mol. The Morgan fingerprint density at radius 3 is 2.50 bits per heavy atom. The van der Waals surface area contributed by atoms with Gasteiger partial charge in [-0.3, -0.25) is 0 Å². The van der Waals surface area contributed by atoms with Crippen molar-refractivity contribution < 1.29 is 0 Å². The molecule has 2 heteroatoms. The van der Waals surface area contributed by atoms with Crippen LogP contribution in [0.3, 0.4) is 0 Å². The number of hydrogen-bond acceptors (Lipinski definition) is 2. The molecule has 1 aromatic rings. The van der Waals surface area contributed by atoms with E-state index in [1.54, 1.807) is 0 Å². The molecule has 0 amide bonds. The molecule has 0 heterocycles. The van der Waals surface area contributed by atoms with Crippen LogP contribution in [0.2, 0.25) is 0 Å². The lowest BCUT2D eigenvalue weighted by molar-refractivity contribution is 1.10. The average molecular weight is 181 g/mol. The van der Waals surface area contributed by atoms with Gasteiger partial charge in [0.2, 0.25) is 0 Å². The maximum atomic E-state index is 5.65. The highest BCUT2D eigenvalue weighted by atomic mass is 32.2. The summed E-state index contributed by atoms with van der Waals surface area (Å²) in [7, 11) is 0. The molecule has 0 aliphatic rings. The SMILES string of the molecule is Cc1cc(N)ccc1SC(C)C. The molecule has 66 valence electrons. The Bertz CT molecular complexity index is 269. The summed E-state index contributed by atoms with van der Waals surface area (Å²) in [5.74, 6) is 0. The summed E-state index contributed by atoms with van der Waals surface area (Å²) in [5.41, 5.74) is 7.77. The van der Waals surface area contributed by atoms with Gasteiger partial charge in [-0.15, -0.1) is 11.8 Å². The van der Waals surface area contributed by atoms with E-state index in [1.165, 1.54) is 10.5 Å². The van der Waals surface area contributed by atoms with Crippen molar-refractivity contribution in [3.8, 4) is 0 Å². The van der Waals surface area contributed by atoms with Crippen molar-refractivity contribution in [1.82, 2.24) is 0 Å². The predicted molar refractivity (Wildman–Crippen MR) is 56.6 cm³/mol. The average Bonchev–Trinajstić information content (AvgIpc) is 1.94. The standard InChI is InChI=1S/C10H15NS/c1-7(2)12-10-5-4-9(11)6-8(10)3/h4-7H,11H2,1-3H3. The van der Waals surface area contributed by atoms with Gasteiger partial charge in [-0.1, -0.05) is 13.8 Å². The third-order valence-corrected chi connectivity index (χ3v) is 2.75. The highest BCUT2D eigenvalue weighted by molar-refractivity contribution is 8.00. The number of thioether (sulfide) groups is 1. The molecule has 2 N–H and O–H groups in total. The van der Waals surface area contributed by atoms with Gasteiger partial charge in [0.1, 0.15) is 0 Å². The summed E-state index contributed by atoms with van der Waals surface area (Å²) in [6.45, 7) is 6.49. The lowest BCUT2D eigenvalue weighted by atomic mass is 10.2. The Balaban J connectivity index is 2.86. The Morgan fingerprint density at radius 1 is 1.33 bits per heavy atom. The van der Waals surface area contributed by atoms with Gasteiger partial charge in [0.25, 0.3) is 0 Å². The minimum Gasteiger partial charge on any atom is -0.399 e. The van der Waals surface area contributed by atoms with Crippen molar-refractivity contribution in [1.29, 1.82) is 0 Å². The topological polar surface area (TPSA) is 26.0 Å². The molecule has 12 heavy (non-hydrogen) atoms. The van der Waals surface area contributed by atoms with E-state index in [9.17, 15) is 0 Å². The van der Waals surface area contributed by atoms with Crippen molar-refractivity contribution in [2.75, 3.05) is 5.73 Å². The van der Waals surface area contributed by atoms with Gasteiger partial charge in [0, 0.05) is 15.8 Å². The fraction of sp³-hybridized carbons (Fsp3) is 0.400. The van der Waals surface area contributed by atoms with Crippen LogP contribution < -0.4 is 5.73 Å². The molecule has 0 radical (unpaired) electrons. The van der Waals surface area contributed by atoms with Crippen LogP contribution in [-0.2, 0) is 0 Å². The van der Waals surface area contributed by atoms with E-state index in [0.29, 0.717) is 5.25 Å². The molecule has 0 atom stereocenters. The second-order valence-electron chi connectivity index (χ2n) is 3.19. The van der Waals surface area contributed by atoms with E-state index in [1.807, 2.05) is 23.9 Å². The number of anilines is 1. The van der Waals surface area contributed by atoms with E-state index < -0.39 is 0 Å². The summed E-state index contributed by atoms with van der Waals surface area (Å²) in [6.07, 6.45) is 0. The van der Waals surface area contributed by atoms with Gasteiger partial charge < -0.3 is 5.73 Å². The zero-order valence-corrected chi connectivity index (χ0v) is 8.61. The number of aryl methyl sites for hydroxylation is 1. The van der Waals surface area contributed by atoms with Crippen LogP contribution in [0.5, 0.6) is 0 Å². The predicted octanol–water partition coefficient (Wildman–Crippen LogP) is 3.08. The van der Waals surface area contributed by atoms with Gasteiger partial charge in [-0.05, 0) is 30.7 Å². The van der Waals surface area contributed by atoms with Crippen LogP contribution in [-0.4, -0.2) is 5.25 Å². The first-order valence-corrected chi connectivity index (χ1v) is 5.00. The van der Waals surface area contributed by atoms with Crippen LogP contribution in [0.4, 0.5) is 5.69 Å². The number of hydrogen-bond donors (Lipinski definition) is 1. The lowest BCUT2D eigenvalue weighted by Gasteiger charge is -2.08. The third-order valence-electron chi connectivity index (χ3n) is 1.56. The van der Waals surface area contributed by atoms with Gasteiger partial charge in [-0.2, -0.15) is 0 Å². The van der Waals surface area contributed by atoms with Crippen LogP contribution in [0.25, 0.3) is 0 Å². The normalized spacial score (nSPS) is 10.7. The molecule has 0 saturated heterocycles. The van der Waals surface area contributed by atoms with E-state index in [2.05, 4.69) is 26.8 Å². The van der Waals surface area contributed by atoms with Gasteiger partial charge in [0.15, 0.2) is 0 Å². The molecule has 1 nitrogen and oxygen atoms in total. The number of nitrogens with two attached hydrogens (primary N) is 1. The lowest BCUT2D eigenvalue weighted by Crippen LogP contribution is -1.90. The Labute approximate surface area is 78.4 Å². The van der Waals surface area contributed by atoms with E-state index in [4.69, 9.17) is 5.73 Å². The molecule has 0 spiro atoms. The van der Waals surface area contributed by atoms with Gasteiger partial charge >= 0.3 is 0 Å². The minimum atomic E-state index is 0.632. The molecule has 0 fully saturated rings. The largest absolute Gasteiger partial charge is 0.399 e. The summed E-state index contributed by atoms with van der Waals surface area (Å²) < 4.78 is 0. The van der Waals surface area contributed by atoms with Gasteiger partial charge in [-0.25, -0.2) is 0 Å². The van der Waals surface area contributed by atoms with E-state index in [-0.39, 0.29) is 0 Å². The molecule has 0 bridgehead atoms. The van der Waals surface area contributed by atoms with Crippen LogP contribution >= 0.6 is 11.8 Å². The first-order valence-electron chi connectivity index (χ1n) is 4.12. The fourth-order valence-electron chi connectivity index (χ4n) is 1.06. The number of nitrogen functional groups attached to an aromatic ring is 1. The zero-order valence-electron chi connectivity index (χ0n) is 7.79. The second kappa shape index (κ2) is 3.85. The van der Waals surface area contributed by atoms with Crippen molar-refractivity contribution in [3.63, 3.8) is 0 Å². The maximum absolute atomic E-state index is 5.65. The van der Waals surface area contributed by atoms with Crippen molar-refractivity contribution in [2.24, 2.45) is 0 Å². The molecule has 0 saturated carbocycles. The van der Waals surface area contributed by atoms with Crippen LogP contribution in [0.15, 0.2) is 23.1 Å². The molecule has 0 unspecified atom stereocenters. The van der Waals surface area contributed by atoms with E-state index in [0.717, 1.165) is 5.69 Å². The van der Waals surface area contributed by atoms with Crippen LogP contribution in [0.1, 0.15) is 19.4 Å². The molecule has 1 aromatic carbocycles. The van der Waals surface area contributed by atoms with Crippen molar-refractivity contribution in [3.05, 3.63) is 23.8 Å². The molecule has 0 aliphatic heterocycles. The summed E-state index contributed by atoms with van der Waals surface area (Å²) >= 11 is 1.88. The minimum absolute atomic E-state index is 0.632. The fourth-order valence-corrected chi connectivity index (χ4v) is 1.96. The Hall–Kier alpha value is -0.630. The Kier molecular flexibility index (Phi) is 3.04.